The van der Waals surface area contributed by atoms with Gasteiger partial charge in [-0.05, 0) is 23.8 Å². The second kappa shape index (κ2) is 6.17. The van der Waals surface area contributed by atoms with Crippen LogP contribution in [0.5, 0.6) is 0 Å². The number of halogens is 2. The molecule has 1 aromatic carbocycles. The number of nitro groups is 1. The number of rotatable bonds is 4. The van der Waals surface area contributed by atoms with Gasteiger partial charge in [0.2, 0.25) is 5.82 Å². The molecule has 2 rings (SSSR count). The van der Waals surface area contributed by atoms with Gasteiger partial charge in [0.15, 0.2) is 9.92 Å². The van der Waals surface area contributed by atoms with Crippen LogP contribution in [0.2, 0.25) is 10.2 Å². The van der Waals surface area contributed by atoms with Gasteiger partial charge in [-0.15, -0.1) is 0 Å². The molecule has 1 aromatic heterocycles. The number of hydrogen-bond donors (Lipinski definition) is 2. The van der Waals surface area contributed by atoms with Crippen LogP contribution in [0.4, 0.5) is 11.5 Å². The van der Waals surface area contributed by atoms with Crippen LogP contribution in [0, 0.1) is 14.9 Å². The van der Waals surface area contributed by atoms with E-state index in [1.165, 1.54) is 0 Å². The Labute approximate surface area is 128 Å². The fraction of sp³-hybridized carbons (Fsp3) is 0.0909. The molecule has 0 unspecified atom stereocenters. The van der Waals surface area contributed by atoms with E-state index in [2.05, 4.69) is 15.3 Å². The smallest absolute Gasteiger partial charge is 0.346 e. The molecule has 1 heterocycles. The van der Waals surface area contributed by atoms with Crippen LogP contribution >= 0.6 is 35.4 Å². The number of aromatic amines is 1. The first-order valence-electron chi connectivity index (χ1n) is 5.40. The van der Waals surface area contributed by atoms with Crippen LogP contribution in [0.25, 0.3) is 0 Å². The van der Waals surface area contributed by atoms with Crippen molar-refractivity contribution in [2.24, 2.45) is 0 Å². The highest BCUT2D eigenvalue weighted by molar-refractivity contribution is 7.71. The Morgan fingerprint density at radius 1 is 1.40 bits per heavy atom. The maximum Gasteiger partial charge on any atom is 0.346 e. The van der Waals surface area contributed by atoms with Crippen molar-refractivity contribution in [3.63, 3.8) is 0 Å². The second-order valence-corrected chi connectivity index (χ2v) is 4.93. The van der Waals surface area contributed by atoms with E-state index in [9.17, 15) is 10.1 Å². The molecule has 0 bridgehead atoms. The predicted octanol–water partition coefficient (Wildman–Crippen LogP) is 3.97. The number of H-pyrrole nitrogens is 1. The maximum absolute atomic E-state index is 11.0. The molecule has 0 fully saturated rings. The van der Waals surface area contributed by atoms with E-state index in [-0.39, 0.29) is 28.0 Å². The standard InChI is InChI=1S/C11H8Cl2N4O2S/c12-7-4-2-1-3-6(7)5-14-10-8(17(18)19)9(13)15-11(20)16-10/h1-4H,5H2,(H2,14,15,16,20). The quantitative estimate of drug-likeness (QED) is 0.383. The normalized spacial score (nSPS) is 10.3. The average molecular weight is 331 g/mol. The number of anilines is 1. The summed E-state index contributed by atoms with van der Waals surface area (Å²) in [5, 5.41) is 14.2. The molecule has 0 aliphatic rings. The Balaban J connectivity index is 2.32. The predicted molar refractivity (Wildman–Crippen MR) is 79.9 cm³/mol. The summed E-state index contributed by atoms with van der Waals surface area (Å²) in [7, 11) is 0. The van der Waals surface area contributed by atoms with Crippen LogP contribution < -0.4 is 5.32 Å². The maximum atomic E-state index is 11.0. The van der Waals surface area contributed by atoms with Crippen molar-refractivity contribution in [1.82, 2.24) is 9.97 Å². The lowest BCUT2D eigenvalue weighted by Crippen LogP contribution is -2.06. The number of hydrogen-bond acceptors (Lipinski definition) is 5. The molecule has 0 amide bonds. The van der Waals surface area contributed by atoms with Gasteiger partial charge in [-0.2, -0.15) is 4.98 Å². The summed E-state index contributed by atoms with van der Waals surface area (Å²) in [4.78, 5) is 16.7. The van der Waals surface area contributed by atoms with Crippen molar-refractivity contribution in [3.8, 4) is 0 Å². The van der Waals surface area contributed by atoms with E-state index < -0.39 is 4.92 Å². The van der Waals surface area contributed by atoms with Gasteiger partial charge in [-0.1, -0.05) is 41.4 Å². The van der Waals surface area contributed by atoms with Gasteiger partial charge >= 0.3 is 5.69 Å². The molecular formula is C11H8Cl2N4O2S. The van der Waals surface area contributed by atoms with Gasteiger partial charge in [0.1, 0.15) is 0 Å². The van der Waals surface area contributed by atoms with E-state index in [0.717, 1.165) is 5.56 Å². The van der Waals surface area contributed by atoms with Gasteiger partial charge in [0.25, 0.3) is 0 Å². The molecule has 0 aliphatic carbocycles. The van der Waals surface area contributed by atoms with Crippen molar-refractivity contribution in [2.45, 2.75) is 6.54 Å². The Morgan fingerprint density at radius 2 is 2.10 bits per heavy atom. The average Bonchev–Trinajstić information content (AvgIpc) is 2.36. The van der Waals surface area contributed by atoms with Crippen LogP contribution in [-0.4, -0.2) is 14.9 Å². The summed E-state index contributed by atoms with van der Waals surface area (Å²) in [5.74, 6) is 0.00340. The minimum absolute atomic E-state index is 0.00340. The topological polar surface area (TPSA) is 83.8 Å². The Bertz CT molecular complexity index is 720. The lowest BCUT2D eigenvalue weighted by Gasteiger charge is -2.08. The summed E-state index contributed by atoms with van der Waals surface area (Å²) < 4.78 is 0.0576. The molecule has 2 aromatic rings. The van der Waals surface area contributed by atoms with Crippen LogP contribution in [0.15, 0.2) is 24.3 Å². The molecule has 2 N–H and O–H groups in total. The number of nitrogens with zero attached hydrogens (tertiary/aromatic N) is 2. The Hall–Kier alpha value is -1.70. The monoisotopic (exact) mass is 330 g/mol. The molecule has 9 heteroatoms. The van der Waals surface area contributed by atoms with E-state index in [1.54, 1.807) is 18.2 Å². The zero-order chi connectivity index (χ0) is 14.7. The third kappa shape index (κ3) is 3.24. The third-order valence-corrected chi connectivity index (χ3v) is 3.28. The van der Waals surface area contributed by atoms with Gasteiger partial charge < -0.3 is 10.3 Å². The van der Waals surface area contributed by atoms with Gasteiger partial charge in [-0.25, -0.2) is 0 Å². The largest absolute Gasteiger partial charge is 0.360 e. The van der Waals surface area contributed by atoms with Crippen molar-refractivity contribution in [1.29, 1.82) is 0 Å². The zero-order valence-corrected chi connectivity index (χ0v) is 12.2. The van der Waals surface area contributed by atoms with Crippen LogP contribution in [0.3, 0.4) is 0 Å². The molecule has 0 radical (unpaired) electrons. The summed E-state index contributed by atoms with van der Waals surface area (Å²) in [5.41, 5.74) is 0.424. The van der Waals surface area contributed by atoms with E-state index >= 15 is 0 Å². The van der Waals surface area contributed by atoms with E-state index in [4.69, 9.17) is 35.4 Å². The van der Waals surface area contributed by atoms with Crippen molar-refractivity contribution in [2.75, 3.05) is 5.32 Å². The van der Waals surface area contributed by atoms with Crippen LogP contribution in [-0.2, 0) is 6.54 Å². The first-order valence-corrected chi connectivity index (χ1v) is 6.57. The van der Waals surface area contributed by atoms with Crippen molar-refractivity contribution in [3.05, 3.63) is 54.9 Å². The highest BCUT2D eigenvalue weighted by Crippen LogP contribution is 2.29. The lowest BCUT2D eigenvalue weighted by molar-refractivity contribution is -0.384. The van der Waals surface area contributed by atoms with E-state index in [1.807, 2.05) is 6.07 Å². The zero-order valence-electron chi connectivity index (χ0n) is 9.89. The summed E-state index contributed by atoms with van der Waals surface area (Å²) >= 11 is 16.6. The van der Waals surface area contributed by atoms with Crippen molar-refractivity contribution >= 4 is 46.9 Å². The third-order valence-electron chi connectivity index (χ3n) is 2.45. The molecule has 6 nitrogen and oxygen atoms in total. The fourth-order valence-corrected chi connectivity index (χ4v) is 2.25. The number of aromatic nitrogens is 2. The fourth-order valence-electron chi connectivity index (χ4n) is 1.55. The van der Waals surface area contributed by atoms with Crippen molar-refractivity contribution < 1.29 is 4.92 Å². The first kappa shape index (κ1) is 14.7. The molecule has 0 aliphatic heterocycles. The molecule has 0 spiro atoms. The summed E-state index contributed by atoms with van der Waals surface area (Å²) in [6.07, 6.45) is 0. The second-order valence-electron chi connectivity index (χ2n) is 3.76. The van der Waals surface area contributed by atoms with Gasteiger partial charge in [0.05, 0.1) is 4.92 Å². The summed E-state index contributed by atoms with van der Waals surface area (Å²) in [6.45, 7) is 0.266. The Morgan fingerprint density at radius 3 is 2.75 bits per heavy atom. The first-order chi connectivity index (χ1) is 9.49. The Kier molecular flexibility index (Phi) is 4.53. The van der Waals surface area contributed by atoms with E-state index in [0.29, 0.717) is 5.02 Å². The minimum atomic E-state index is -0.629. The highest BCUT2D eigenvalue weighted by atomic mass is 35.5. The highest BCUT2D eigenvalue weighted by Gasteiger charge is 2.21. The SMILES string of the molecule is O=[N+]([O-])c1c(NCc2ccccc2Cl)nc(=S)[nH]c1Cl. The lowest BCUT2D eigenvalue weighted by atomic mass is 10.2. The summed E-state index contributed by atoms with van der Waals surface area (Å²) in [6, 6.07) is 7.13. The van der Waals surface area contributed by atoms with Crippen LogP contribution in [0.1, 0.15) is 5.56 Å². The molecule has 104 valence electrons. The molecule has 0 saturated carbocycles. The van der Waals surface area contributed by atoms with Gasteiger partial charge in [0, 0.05) is 11.6 Å². The molecular weight excluding hydrogens is 323 g/mol. The minimum Gasteiger partial charge on any atom is -0.360 e. The number of nitrogens with one attached hydrogen (secondary N) is 2. The molecule has 20 heavy (non-hydrogen) atoms. The molecule has 0 saturated heterocycles. The number of benzene rings is 1. The van der Waals surface area contributed by atoms with Gasteiger partial charge in [-0.3, -0.25) is 10.1 Å². The molecule has 0 atom stereocenters.